The number of amides is 1. The Kier molecular flexibility index (Phi) is 4.92. The number of carbonyl (C=O) groups excluding carboxylic acids is 1. The predicted octanol–water partition coefficient (Wildman–Crippen LogP) is 4.19. The summed E-state index contributed by atoms with van der Waals surface area (Å²) in [5, 5.41) is 3.56. The number of rotatable bonds is 5. The molecule has 1 aromatic carbocycles. The van der Waals surface area contributed by atoms with Gasteiger partial charge in [-0.05, 0) is 55.2 Å². The van der Waals surface area contributed by atoms with Gasteiger partial charge in [0.05, 0.1) is 0 Å². The third-order valence-corrected chi connectivity index (χ3v) is 5.26. The lowest BCUT2D eigenvalue weighted by Gasteiger charge is -2.39. The molecule has 3 nitrogen and oxygen atoms in total. The van der Waals surface area contributed by atoms with E-state index in [0.717, 1.165) is 11.6 Å². The van der Waals surface area contributed by atoms with Gasteiger partial charge in [0.25, 0.3) is 0 Å². The van der Waals surface area contributed by atoms with Crippen LogP contribution in [-0.4, -0.2) is 11.9 Å². The van der Waals surface area contributed by atoms with Crippen LogP contribution in [0.3, 0.4) is 0 Å². The van der Waals surface area contributed by atoms with Gasteiger partial charge in [0.2, 0.25) is 5.91 Å². The van der Waals surface area contributed by atoms with Gasteiger partial charge in [-0.2, -0.15) is 0 Å². The molecule has 3 N–H and O–H groups in total. The molecule has 1 saturated carbocycles. The minimum absolute atomic E-state index is 0.368. The van der Waals surface area contributed by atoms with E-state index in [2.05, 4.69) is 26.1 Å². The van der Waals surface area contributed by atoms with Crippen molar-refractivity contribution in [2.75, 3.05) is 5.32 Å². The molecule has 0 bridgehead atoms. The fourth-order valence-electron chi connectivity index (χ4n) is 3.31. The average molecular weight is 288 g/mol. The number of hydrogen-bond acceptors (Lipinski definition) is 2. The maximum Gasteiger partial charge on any atom is 0.248 e. The van der Waals surface area contributed by atoms with Crippen molar-refractivity contribution in [1.29, 1.82) is 0 Å². The molecule has 2 rings (SSSR count). The molecule has 0 unspecified atom stereocenters. The smallest absolute Gasteiger partial charge is 0.248 e. The first kappa shape index (κ1) is 15.9. The summed E-state index contributed by atoms with van der Waals surface area (Å²) in [5.74, 6) is 0.463. The van der Waals surface area contributed by atoms with Crippen LogP contribution < -0.4 is 11.1 Å². The lowest BCUT2D eigenvalue weighted by molar-refractivity contribution is 0.100. The van der Waals surface area contributed by atoms with E-state index in [1.54, 1.807) is 6.07 Å². The summed E-state index contributed by atoms with van der Waals surface area (Å²) in [4.78, 5) is 11.2. The summed E-state index contributed by atoms with van der Waals surface area (Å²) in [5.41, 5.74) is 7.36. The molecule has 1 fully saturated rings. The number of primary amides is 1. The summed E-state index contributed by atoms with van der Waals surface area (Å²) in [6, 6.07) is 8.01. The molecule has 0 aliphatic heterocycles. The van der Waals surface area contributed by atoms with Crippen LogP contribution >= 0.6 is 0 Å². The fourth-order valence-corrected chi connectivity index (χ4v) is 3.31. The Morgan fingerprint density at radius 3 is 2.52 bits per heavy atom. The summed E-state index contributed by atoms with van der Waals surface area (Å²) in [6.07, 6.45) is 6.22. The number of nitrogens with one attached hydrogen (secondary N) is 1. The zero-order valence-electron chi connectivity index (χ0n) is 13.5. The first-order valence-corrected chi connectivity index (χ1v) is 8.09. The number of carbonyl (C=O) groups is 1. The van der Waals surface area contributed by atoms with Gasteiger partial charge in [0.15, 0.2) is 0 Å². The Labute approximate surface area is 128 Å². The quantitative estimate of drug-likeness (QED) is 0.853. The van der Waals surface area contributed by atoms with Crippen LogP contribution in [0.15, 0.2) is 24.3 Å². The zero-order chi connectivity index (χ0) is 15.5. The lowest BCUT2D eigenvalue weighted by atomic mass is 9.69. The highest BCUT2D eigenvalue weighted by atomic mass is 16.1. The minimum Gasteiger partial charge on any atom is -0.382 e. The van der Waals surface area contributed by atoms with Gasteiger partial charge in [0.1, 0.15) is 0 Å². The number of anilines is 1. The Morgan fingerprint density at radius 1 is 1.29 bits per heavy atom. The Balaban J connectivity index is 1.92. The van der Waals surface area contributed by atoms with Gasteiger partial charge in [-0.15, -0.1) is 0 Å². The second-order valence-electron chi connectivity index (χ2n) is 6.98. The van der Waals surface area contributed by atoms with Crippen LogP contribution in [-0.2, 0) is 0 Å². The topological polar surface area (TPSA) is 55.1 Å². The summed E-state index contributed by atoms with van der Waals surface area (Å²) in [7, 11) is 0. The SMILES string of the molecule is CCC(C)(C)C1CCC(Nc2cccc(C(N)=O)c2)CC1. The molecule has 0 radical (unpaired) electrons. The Morgan fingerprint density at radius 2 is 1.95 bits per heavy atom. The van der Waals surface area contributed by atoms with Crippen LogP contribution in [0.5, 0.6) is 0 Å². The van der Waals surface area contributed by atoms with Gasteiger partial charge >= 0.3 is 0 Å². The molecular weight excluding hydrogens is 260 g/mol. The monoisotopic (exact) mass is 288 g/mol. The van der Waals surface area contributed by atoms with E-state index in [-0.39, 0.29) is 5.91 Å². The standard InChI is InChI=1S/C18H28N2O/c1-4-18(2,3)14-8-10-15(11-9-14)20-16-7-5-6-13(12-16)17(19)21/h5-7,12,14-15,20H,4,8-11H2,1-3H3,(H2,19,21). The molecule has 0 aromatic heterocycles. The highest BCUT2D eigenvalue weighted by Gasteiger charge is 2.31. The van der Waals surface area contributed by atoms with Crippen LogP contribution in [0, 0.1) is 11.3 Å². The second kappa shape index (κ2) is 6.50. The van der Waals surface area contributed by atoms with Gasteiger partial charge in [-0.25, -0.2) is 0 Å². The van der Waals surface area contributed by atoms with E-state index in [9.17, 15) is 4.79 Å². The molecule has 1 amide bonds. The Hall–Kier alpha value is -1.51. The highest BCUT2D eigenvalue weighted by Crippen LogP contribution is 2.40. The molecule has 0 saturated heterocycles. The molecule has 0 atom stereocenters. The normalized spacial score (nSPS) is 22.8. The van der Waals surface area contributed by atoms with Gasteiger partial charge in [-0.1, -0.05) is 33.3 Å². The molecule has 116 valence electrons. The summed E-state index contributed by atoms with van der Waals surface area (Å²) < 4.78 is 0. The molecule has 0 heterocycles. The maximum absolute atomic E-state index is 11.2. The largest absolute Gasteiger partial charge is 0.382 e. The third-order valence-electron chi connectivity index (χ3n) is 5.26. The molecule has 1 aliphatic rings. The molecule has 3 heteroatoms. The van der Waals surface area contributed by atoms with Crippen molar-refractivity contribution in [1.82, 2.24) is 0 Å². The maximum atomic E-state index is 11.2. The zero-order valence-corrected chi connectivity index (χ0v) is 13.5. The molecule has 0 spiro atoms. The van der Waals surface area contributed by atoms with Crippen LogP contribution in [0.1, 0.15) is 63.2 Å². The first-order chi connectivity index (χ1) is 9.92. The van der Waals surface area contributed by atoms with Gasteiger partial charge in [0, 0.05) is 17.3 Å². The lowest BCUT2D eigenvalue weighted by Crippen LogP contribution is -2.32. The first-order valence-electron chi connectivity index (χ1n) is 8.09. The van der Waals surface area contributed by atoms with Crippen LogP contribution in [0.4, 0.5) is 5.69 Å². The third kappa shape index (κ3) is 3.99. The minimum atomic E-state index is -0.368. The van der Waals surface area contributed by atoms with E-state index in [0.29, 0.717) is 17.0 Å². The van der Waals surface area contributed by atoms with Crippen LogP contribution in [0.25, 0.3) is 0 Å². The second-order valence-corrected chi connectivity index (χ2v) is 6.98. The highest BCUT2D eigenvalue weighted by molar-refractivity contribution is 5.93. The van der Waals surface area contributed by atoms with Crippen molar-refractivity contribution in [3.05, 3.63) is 29.8 Å². The molecular formula is C18H28N2O. The fraction of sp³-hybridized carbons (Fsp3) is 0.611. The average Bonchev–Trinajstić information content (AvgIpc) is 2.48. The van der Waals surface area contributed by atoms with E-state index >= 15 is 0 Å². The number of nitrogens with two attached hydrogens (primary N) is 1. The predicted molar refractivity (Wildman–Crippen MR) is 88.4 cm³/mol. The molecule has 21 heavy (non-hydrogen) atoms. The van der Waals surface area contributed by atoms with Crippen LogP contribution in [0.2, 0.25) is 0 Å². The Bertz CT molecular complexity index is 488. The van der Waals surface area contributed by atoms with Crippen molar-refractivity contribution in [3.8, 4) is 0 Å². The van der Waals surface area contributed by atoms with Gasteiger partial charge in [-0.3, -0.25) is 4.79 Å². The van der Waals surface area contributed by atoms with E-state index in [1.165, 1.54) is 32.1 Å². The van der Waals surface area contributed by atoms with Gasteiger partial charge < -0.3 is 11.1 Å². The van der Waals surface area contributed by atoms with E-state index < -0.39 is 0 Å². The number of hydrogen-bond donors (Lipinski definition) is 2. The molecule has 1 aliphatic carbocycles. The molecule has 1 aromatic rings. The van der Waals surface area contributed by atoms with Crippen molar-refractivity contribution in [2.45, 2.75) is 58.9 Å². The van der Waals surface area contributed by atoms with Crippen molar-refractivity contribution in [3.63, 3.8) is 0 Å². The van der Waals surface area contributed by atoms with Crippen molar-refractivity contribution in [2.24, 2.45) is 17.1 Å². The van der Waals surface area contributed by atoms with Crippen molar-refractivity contribution >= 4 is 11.6 Å². The summed E-state index contributed by atoms with van der Waals surface area (Å²) >= 11 is 0. The van der Waals surface area contributed by atoms with Crippen molar-refractivity contribution < 1.29 is 4.79 Å². The number of benzene rings is 1. The van der Waals surface area contributed by atoms with E-state index in [4.69, 9.17) is 5.73 Å². The van der Waals surface area contributed by atoms with E-state index in [1.807, 2.05) is 18.2 Å². The summed E-state index contributed by atoms with van der Waals surface area (Å²) in [6.45, 7) is 7.07.